The molecule has 4 heteroatoms. The molecule has 0 N–H and O–H groups in total. The minimum atomic E-state index is -0.522. The summed E-state index contributed by atoms with van der Waals surface area (Å²) in [5.41, 5.74) is 0.940. The van der Waals surface area contributed by atoms with Gasteiger partial charge in [-0.3, -0.25) is 4.89 Å². The zero-order valence-electron chi connectivity index (χ0n) is 11.5. The minimum Gasteiger partial charge on any atom is -0.294 e. The first-order valence-electron chi connectivity index (χ1n) is 6.28. The van der Waals surface area contributed by atoms with Crippen LogP contribution in [-0.2, 0) is 14.6 Å². The SMILES string of the molecule is CCCCCCl.COOC(=O)C=Cc1ccccc1. The van der Waals surface area contributed by atoms with E-state index >= 15 is 0 Å². The molecule has 106 valence electrons. The number of hydrogen-bond donors (Lipinski definition) is 0. The maximum absolute atomic E-state index is 10.8. The summed E-state index contributed by atoms with van der Waals surface area (Å²) >= 11 is 5.38. The first-order chi connectivity index (χ1) is 9.24. The number of rotatable bonds is 6. The molecule has 0 heterocycles. The van der Waals surface area contributed by atoms with E-state index < -0.39 is 5.97 Å². The Hall–Kier alpha value is -1.32. The molecule has 0 radical (unpaired) electrons. The van der Waals surface area contributed by atoms with Gasteiger partial charge in [0.05, 0.1) is 7.11 Å². The number of halogens is 1. The van der Waals surface area contributed by atoms with Crippen LogP contribution >= 0.6 is 11.6 Å². The first kappa shape index (κ1) is 17.7. The Bertz CT molecular complexity index is 346. The third kappa shape index (κ3) is 11.5. The normalized spacial score (nSPS) is 9.84. The van der Waals surface area contributed by atoms with Gasteiger partial charge < -0.3 is 0 Å². The molecule has 0 aliphatic rings. The molecule has 1 aromatic rings. The molecule has 0 bridgehead atoms. The van der Waals surface area contributed by atoms with E-state index in [1.165, 1.54) is 32.4 Å². The van der Waals surface area contributed by atoms with Crippen LogP contribution < -0.4 is 0 Å². The van der Waals surface area contributed by atoms with Gasteiger partial charge in [0.1, 0.15) is 0 Å². The Morgan fingerprint density at radius 2 is 1.95 bits per heavy atom. The van der Waals surface area contributed by atoms with Crippen molar-refractivity contribution in [1.82, 2.24) is 0 Å². The maximum Gasteiger partial charge on any atom is 0.365 e. The number of alkyl halides is 1. The van der Waals surface area contributed by atoms with Crippen LogP contribution in [0.3, 0.4) is 0 Å². The smallest absolute Gasteiger partial charge is 0.294 e. The molecule has 0 atom stereocenters. The highest BCUT2D eigenvalue weighted by Gasteiger charge is 1.94. The van der Waals surface area contributed by atoms with Gasteiger partial charge in [0.25, 0.3) is 0 Å². The molecule has 3 nitrogen and oxygen atoms in total. The van der Waals surface area contributed by atoms with Crippen LogP contribution in [0, 0.1) is 0 Å². The van der Waals surface area contributed by atoms with Crippen molar-refractivity contribution in [1.29, 1.82) is 0 Å². The zero-order valence-corrected chi connectivity index (χ0v) is 12.2. The summed E-state index contributed by atoms with van der Waals surface area (Å²) in [6.45, 7) is 2.17. The summed E-state index contributed by atoms with van der Waals surface area (Å²) in [6, 6.07) is 9.46. The summed E-state index contributed by atoms with van der Waals surface area (Å²) in [7, 11) is 1.29. The number of hydrogen-bond acceptors (Lipinski definition) is 3. The van der Waals surface area contributed by atoms with Crippen LogP contribution in [-0.4, -0.2) is 19.0 Å². The molecular weight excluding hydrogens is 264 g/mol. The van der Waals surface area contributed by atoms with Gasteiger partial charge in [-0.1, -0.05) is 50.1 Å². The lowest BCUT2D eigenvalue weighted by atomic mass is 10.2. The van der Waals surface area contributed by atoms with Crippen molar-refractivity contribution in [3.05, 3.63) is 42.0 Å². The summed E-state index contributed by atoms with van der Waals surface area (Å²) in [4.78, 5) is 19.2. The Balaban J connectivity index is 0.000000459. The Morgan fingerprint density at radius 3 is 2.42 bits per heavy atom. The van der Waals surface area contributed by atoms with Gasteiger partial charge in [0, 0.05) is 12.0 Å². The summed E-state index contributed by atoms with van der Waals surface area (Å²) in [6.07, 6.45) is 6.69. The number of carbonyl (C=O) groups excluding carboxylic acids is 1. The molecule has 0 aliphatic heterocycles. The van der Waals surface area contributed by atoms with Crippen molar-refractivity contribution >= 4 is 23.6 Å². The van der Waals surface area contributed by atoms with E-state index in [1.54, 1.807) is 6.08 Å². The molecule has 0 spiro atoms. The molecule has 1 rings (SSSR count). The largest absolute Gasteiger partial charge is 0.365 e. The highest BCUT2D eigenvalue weighted by Crippen LogP contribution is 2.00. The van der Waals surface area contributed by atoms with E-state index in [9.17, 15) is 4.79 Å². The van der Waals surface area contributed by atoms with E-state index in [-0.39, 0.29) is 0 Å². The highest BCUT2D eigenvalue weighted by molar-refractivity contribution is 6.17. The molecular formula is C15H21ClO3. The van der Waals surface area contributed by atoms with Crippen LogP contribution in [0.4, 0.5) is 0 Å². The molecule has 0 saturated heterocycles. The van der Waals surface area contributed by atoms with Crippen LogP contribution in [0.15, 0.2) is 36.4 Å². The first-order valence-corrected chi connectivity index (χ1v) is 6.81. The molecule has 0 fully saturated rings. The van der Waals surface area contributed by atoms with E-state index in [2.05, 4.69) is 16.7 Å². The lowest BCUT2D eigenvalue weighted by Crippen LogP contribution is -1.97. The Kier molecular flexibility index (Phi) is 12.2. The average Bonchev–Trinajstić information content (AvgIpc) is 2.45. The molecule has 1 aromatic carbocycles. The molecule has 19 heavy (non-hydrogen) atoms. The number of benzene rings is 1. The van der Waals surface area contributed by atoms with Gasteiger partial charge in [0.15, 0.2) is 0 Å². The fourth-order valence-corrected chi connectivity index (χ4v) is 1.37. The molecule has 0 aliphatic carbocycles. The quantitative estimate of drug-likeness (QED) is 0.258. The third-order valence-corrected chi connectivity index (χ3v) is 2.38. The summed E-state index contributed by atoms with van der Waals surface area (Å²) < 4.78 is 0. The van der Waals surface area contributed by atoms with Crippen molar-refractivity contribution in [2.45, 2.75) is 26.2 Å². The predicted octanol–water partition coefficient (Wildman–Crippen LogP) is 4.22. The van der Waals surface area contributed by atoms with Crippen LogP contribution in [0.25, 0.3) is 6.08 Å². The molecule has 0 amide bonds. The summed E-state index contributed by atoms with van der Waals surface area (Å²) in [5.74, 6) is 0.305. The second-order valence-corrected chi connectivity index (χ2v) is 4.09. The highest BCUT2D eigenvalue weighted by atomic mass is 35.5. The zero-order chi connectivity index (χ0) is 14.3. The van der Waals surface area contributed by atoms with Gasteiger partial charge in [-0.25, -0.2) is 4.79 Å². The van der Waals surface area contributed by atoms with Gasteiger partial charge in [-0.2, -0.15) is 4.89 Å². The third-order valence-electron chi connectivity index (χ3n) is 2.11. The van der Waals surface area contributed by atoms with Crippen LogP contribution in [0.5, 0.6) is 0 Å². The Labute approximate surface area is 120 Å². The van der Waals surface area contributed by atoms with Crippen molar-refractivity contribution in [2.24, 2.45) is 0 Å². The van der Waals surface area contributed by atoms with Gasteiger partial charge in [-0.15, -0.1) is 11.6 Å². The lowest BCUT2D eigenvalue weighted by molar-refractivity contribution is -0.249. The van der Waals surface area contributed by atoms with Gasteiger partial charge >= 0.3 is 5.97 Å². The second kappa shape index (κ2) is 13.1. The number of unbranched alkanes of at least 4 members (excludes halogenated alkanes) is 2. The predicted molar refractivity (Wildman–Crippen MR) is 78.8 cm³/mol. The second-order valence-electron chi connectivity index (χ2n) is 3.71. The van der Waals surface area contributed by atoms with Crippen molar-refractivity contribution in [3.8, 4) is 0 Å². The molecule has 0 saturated carbocycles. The minimum absolute atomic E-state index is 0.522. The van der Waals surface area contributed by atoms with Gasteiger partial charge in [-0.05, 0) is 18.1 Å². The van der Waals surface area contributed by atoms with Gasteiger partial charge in [0.2, 0.25) is 0 Å². The lowest BCUT2D eigenvalue weighted by Gasteiger charge is -1.93. The molecule has 0 aromatic heterocycles. The van der Waals surface area contributed by atoms with Crippen molar-refractivity contribution in [2.75, 3.05) is 13.0 Å². The monoisotopic (exact) mass is 284 g/mol. The average molecular weight is 285 g/mol. The standard InChI is InChI=1S/C10H10O3.C5H11Cl/c1-12-13-10(11)8-7-9-5-3-2-4-6-9;1-2-3-4-5-6/h2-8H,1H3;2-5H2,1H3. The van der Waals surface area contributed by atoms with E-state index in [4.69, 9.17) is 11.6 Å². The molecule has 0 unspecified atom stereocenters. The fraction of sp³-hybridized carbons (Fsp3) is 0.400. The number of carbonyl (C=O) groups is 1. The van der Waals surface area contributed by atoms with Crippen molar-refractivity contribution < 1.29 is 14.6 Å². The topological polar surface area (TPSA) is 35.5 Å². The summed E-state index contributed by atoms with van der Waals surface area (Å²) in [5, 5.41) is 0. The van der Waals surface area contributed by atoms with Crippen LogP contribution in [0.1, 0.15) is 31.7 Å². The van der Waals surface area contributed by atoms with E-state index in [0.29, 0.717) is 0 Å². The van der Waals surface area contributed by atoms with Crippen LogP contribution in [0.2, 0.25) is 0 Å². The van der Waals surface area contributed by atoms with E-state index in [1.807, 2.05) is 30.3 Å². The Morgan fingerprint density at radius 1 is 1.26 bits per heavy atom. The van der Waals surface area contributed by atoms with E-state index in [0.717, 1.165) is 11.4 Å². The maximum atomic E-state index is 10.8. The van der Waals surface area contributed by atoms with Crippen molar-refractivity contribution in [3.63, 3.8) is 0 Å². The fourth-order valence-electron chi connectivity index (χ4n) is 1.18.